The highest BCUT2D eigenvalue weighted by Gasteiger charge is 2.53. The molecule has 23 nitrogen and oxygen atoms in total. The summed E-state index contributed by atoms with van der Waals surface area (Å²) in [5, 5.41) is 40.8. The molecule has 2 fully saturated rings. The maximum Gasteiger partial charge on any atom is 0.483 e. The van der Waals surface area contributed by atoms with Gasteiger partial charge in [0.2, 0.25) is 12.2 Å². The topological polar surface area (TPSA) is 322 Å². The van der Waals surface area contributed by atoms with E-state index >= 15 is 0 Å². The Morgan fingerprint density at radius 1 is 0.891 bits per heavy atom. The Morgan fingerprint density at radius 2 is 1.64 bits per heavy atom. The Morgan fingerprint density at radius 3 is 2.41 bits per heavy atom. The van der Waals surface area contributed by atoms with Crippen LogP contribution >= 0.6 is 15.6 Å². The van der Waals surface area contributed by atoms with E-state index in [1.807, 2.05) is 42.5 Å². The minimum absolute atomic E-state index is 0.115. The highest BCUT2D eigenvalue weighted by molar-refractivity contribution is 7.61. The third-order valence-electron chi connectivity index (χ3n) is 10.4. The molecule has 3 aromatic carbocycles. The van der Waals surface area contributed by atoms with Crippen LogP contribution in [0.15, 0.2) is 104 Å². The van der Waals surface area contributed by atoms with E-state index in [1.165, 1.54) is 65.6 Å². The Balaban J connectivity index is 0.980. The number of hydrogen-bond acceptors (Lipinski definition) is 17. The van der Waals surface area contributed by atoms with Gasteiger partial charge in [-0.25, -0.2) is 24.1 Å². The maximum absolute atomic E-state index is 13.6. The molecule has 3 aromatic heterocycles. The van der Waals surface area contributed by atoms with Crippen molar-refractivity contribution in [1.82, 2.24) is 24.8 Å². The van der Waals surface area contributed by atoms with Crippen LogP contribution in [0.1, 0.15) is 38.7 Å². The molecule has 25 heteroatoms. The molecule has 2 saturated heterocycles. The number of methoxy groups -OCH3 is 1. The number of primary amides is 1. The molecule has 0 spiro atoms. The summed E-state index contributed by atoms with van der Waals surface area (Å²) in [5.74, 6) is -0.658. The van der Waals surface area contributed by atoms with Crippen LogP contribution in [0.4, 0.5) is 5.82 Å². The SMILES string of the molecule is COc1cccc(C(=O)N[C@@H]2[C@H](O)[C@@H](COP(=O)(O)OP(=O)(O)O[C@H]3O[C@@H]([n+]4ccc(C(N)=O)cc4)[C@H](O)[C@@H]3O)O[C@H]2n2cnc3c(NCc4cccc5ccccc45)ncnc32)c1. The number of aromatic nitrogens is 5. The van der Waals surface area contributed by atoms with E-state index in [-0.39, 0.29) is 16.8 Å². The van der Waals surface area contributed by atoms with Crippen LogP contribution in [0.2, 0.25) is 0 Å². The van der Waals surface area contributed by atoms with Crippen molar-refractivity contribution < 1.29 is 76.0 Å². The number of aliphatic hydroxyl groups is 3. The monoisotopic (exact) mass is 923 g/mol. The van der Waals surface area contributed by atoms with Gasteiger partial charge in [-0.15, -0.1) is 0 Å². The minimum atomic E-state index is -5.64. The molecule has 336 valence electrons. The van der Waals surface area contributed by atoms with Gasteiger partial charge in [0.05, 0.1) is 25.6 Å². The summed E-state index contributed by atoms with van der Waals surface area (Å²) in [4.78, 5) is 59.3. The summed E-state index contributed by atoms with van der Waals surface area (Å²) in [6.07, 6.45) is -6.50. The number of ether oxygens (including phenoxy) is 3. The number of carbonyl (C=O) groups is 2. The molecule has 0 saturated carbocycles. The number of aliphatic hydroxyl groups excluding tert-OH is 3. The summed E-state index contributed by atoms with van der Waals surface area (Å²) in [6.45, 7) is -0.589. The van der Waals surface area contributed by atoms with Crippen molar-refractivity contribution in [3.05, 3.63) is 121 Å². The number of anilines is 1. The van der Waals surface area contributed by atoms with Crippen molar-refractivity contribution in [2.75, 3.05) is 19.0 Å². The Labute approximate surface area is 362 Å². The molecule has 9 N–H and O–H groups in total. The van der Waals surface area contributed by atoms with Crippen LogP contribution in [0, 0.1) is 0 Å². The van der Waals surface area contributed by atoms with Crippen molar-refractivity contribution in [1.29, 1.82) is 0 Å². The molecular formula is C39H41N8O15P2+. The normalized spacial score (nSPS) is 25.2. The second-order valence-electron chi connectivity index (χ2n) is 14.5. The van der Waals surface area contributed by atoms with Crippen molar-refractivity contribution in [2.45, 2.75) is 55.7 Å². The number of nitrogens with zero attached hydrogens (tertiary/aromatic N) is 5. The molecule has 64 heavy (non-hydrogen) atoms. The zero-order chi connectivity index (χ0) is 45.3. The molecule has 8 rings (SSSR count). The number of nitrogens with two attached hydrogens (primary N) is 1. The molecule has 2 aliphatic rings. The van der Waals surface area contributed by atoms with Gasteiger partial charge in [0, 0.05) is 24.2 Å². The van der Waals surface area contributed by atoms with Crippen molar-refractivity contribution in [3.63, 3.8) is 0 Å². The first-order chi connectivity index (χ1) is 30.6. The van der Waals surface area contributed by atoms with Crippen LogP contribution in [0.5, 0.6) is 5.75 Å². The first-order valence-electron chi connectivity index (χ1n) is 19.3. The quantitative estimate of drug-likeness (QED) is 0.0504. The van der Waals surface area contributed by atoms with E-state index < -0.39 is 83.3 Å². The Bertz CT molecular complexity index is 2780. The predicted molar refractivity (Wildman–Crippen MR) is 220 cm³/mol. The molecule has 2 unspecified atom stereocenters. The number of amides is 2. The average Bonchev–Trinajstić information content (AvgIpc) is 3.93. The van der Waals surface area contributed by atoms with Gasteiger partial charge in [-0.3, -0.25) is 27.9 Å². The zero-order valence-corrected chi connectivity index (χ0v) is 35.2. The summed E-state index contributed by atoms with van der Waals surface area (Å²) < 4.78 is 59.7. The molecule has 0 bridgehead atoms. The maximum atomic E-state index is 13.6. The molecule has 6 aromatic rings. The predicted octanol–water partition coefficient (Wildman–Crippen LogP) is 1.57. The molecule has 0 radical (unpaired) electrons. The molecule has 2 aliphatic heterocycles. The van der Waals surface area contributed by atoms with Crippen molar-refractivity contribution >= 4 is 55.2 Å². The van der Waals surface area contributed by atoms with Gasteiger partial charge >= 0.3 is 15.6 Å². The number of hydrogen-bond donors (Lipinski definition) is 8. The average molecular weight is 924 g/mol. The molecule has 2 amide bonds. The number of phosphoric acid groups is 2. The van der Waals surface area contributed by atoms with E-state index in [9.17, 15) is 43.8 Å². The number of benzene rings is 3. The molecular weight excluding hydrogens is 882 g/mol. The third kappa shape index (κ3) is 9.52. The highest BCUT2D eigenvalue weighted by Crippen LogP contribution is 2.61. The molecule has 10 atom stereocenters. The van der Waals surface area contributed by atoms with Gasteiger partial charge in [-0.2, -0.15) is 8.88 Å². The fraction of sp³-hybridized carbons (Fsp3) is 0.282. The van der Waals surface area contributed by atoms with E-state index in [1.54, 1.807) is 12.1 Å². The minimum Gasteiger partial charge on any atom is -0.497 e. The third-order valence-corrected chi connectivity index (χ3v) is 13.0. The van der Waals surface area contributed by atoms with Crippen LogP contribution in [-0.2, 0) is 38.5 Å². The Hall–Kier alpha value is -5.78. The number of fused-ring (bicyclic) bond motifs is 2. The number of rotatable bonds is 16. The smallest absolute Gasteiger partial charge is 0.483 e. The van der Waals surface area contributed by atoms with Crippen molar-refractivity contribution in [3.8, 4) is 5.75 Å². The number of imidazole rings is 1. The number of carbonyl (C=O) groups excluding carboxylic acids is 2. The van der Waals surface area contributed by atoms with E-state index in [2.05, 4.69) is 29.9 Å². The second-order valence-corrected chi connectivity index (χ2v) is 17.5. The molecule has 5 heterocycles. The number of pyridine rings is 1. The van der Waals surface area contributed by atoms with Gasteiger partial charge in [0.15, 0.2) is 41.7 Å². The van der Waals surface area contributed by atoms with Gasteiger partial charge in [0.1, 0.15) is 36.4 Å². The van der Waals surface area contributed by atoms with Gasteiger partial charge in [-0.1, -0.05) is 48.5 Å². The van der Waals surface area contributed by atoms with Gasteiger partial charge in [0.25, 0.3) is 12.1 Å². The lowest BCUT2D eigenvalue weighted by Gasteiger charge is -2.23. The van der Waals surface area contributed by atoms with Crippen LogP contribution in [0.3, 0.4) is 0 Å². The lowest BCUT2D eigenvalue weighted by Crippen LogP contribution is -2.46. The fourth-order valence-electron chi connectivity index (χ4n) is 7.28. The lowest BCUT2D eigenvalue weighted by molar-refractivity contribution is -0.767. The van der Waals surface area contributed by atoms with Gasteiger partial charge < -0.3 is 50.9 Å². The fourth-order valence-corrected chi connectivity index (χ4v) is 9.43. The second kappa shape index (κ2) is 18.4. The summed E-state index contributed by atoms with van der Waals surface area (Å²) >= 11 is 0. The number of phosphoric ester groups is 2. The van der Waals surface area contributed by atoms with E-state index in [0.29, 0.717) is 23.6 Å². The summed E-state index contributed by atoms with van der Waals surface area (Å²) in [5.41, 5.74) is 7.03. The standard InChI is InChI=1S/C39H40N8O15P2/c1-57-25-10-5-8-23(16-25)36(52)45-28-30(48)27(18-58-63(53,54)62-64(55,56)61-39-32(50)31(49)38(60-39)46-14-12-22(13-15-46)33(40)51)59-37(28)47-20-44-29-34(42-19-43-35(29)47)41-17-24-9-4-7-21-6-2-3-11-26(21)24/h2-16,19-20,27-28,30-32,37-39,48-50H,17-18H2,1H3,(H5-,40,41,42,43,45,51,52,53,54,55,56)/p+1/t27-,28-,30-,31-,32+,37-,38-,39-/m1/s1. The molecule has 0 aliphatic carbocycles. The summed E-state index contributed by atoms with van der Waals surface area (Å²) in [6, 6.07) is 21.3. The summed E-state index contributed by atoms with van der Waals surface area (Å²) in [7, 11) is -9.80. The van der Waals surface area contributed by atoms with Crippen LogP contribution < -0.4 is 25.7 Å². The van der Waals surface area contributed by atoms with Gasteiger partial charge in [-0.05, 0) is 34.5 Å². The van der Waals surface area contributed by atoms with Crippen LogP contribution in [0.25, 0.3) is 21.9 Å². The largest absolute Gasteiger partial charge is 0.497 e. The van der Waals surface area contributed by atoms with E-state index in [0.717, 1.165) is 16.3 Å². The number of nitrogens with one attached hydrogen (secondary N) is 2. The first kappa shape index (κ1) is 44.8. The lowest BCUT2D eigenvalue weighted by atomic mass is 10.0. The van der Waals surface area contributed by atoms with E-state index in [4.69, 9.17) is 29.0 Å². The zero-order valence-electron chi connectivity index (χ0n) is 33.4. The first-order valence-corrected chi connectivity index (χ1v) is 22.3. The van der Waals surface area contributed by atoms with Crippen molar-refractivity contribution in [2.24, 2.45) is 5.73 Å². The highest BCUT2D eigenvalue weighted by atomic mass is 31.3. The Kier molecular flexibility index (Phi) is 12.9. The van der Waals surface area contributed by atoms with Crippen LogP contribution in [-0.4, -0.2) is 107 Å².